The van der Waals surface area contributed by atoms with Crippen molar-refractivity contribution in [2.75, 3.05) is 52.9 Å². The van der Waals surface area contributed by atoms with Crippen LogP contribution in [0, 0.1) is 38.5 Å². The van der Waals surface area contributed by atoms with Crippen LogP contribution in [0.3, 0.4) is 0 Å². The summed E-state index contributed by atoms with van der Waals surface area (Å²) in [6, 6.07) is 0. The Kier molecular flexibility index (Phi) is 26.7. The van der Waals surface area contributed by atoms with E-state index < -0.39 is 13.9 Å². The molecule has 0 amide bonds. The van der Waals surface area contributed by atoms with Gasteiger partial charge in [0.1, 0.15) is 23.7 Å². The minimum Gasteiger partial charge on any atom is -0.491 e. The summed E-state index contributed by atoms with van der Waals surface area (Å²) in [6.45, 7) is 20.5. The second kappa shape index (κ2) is 30.1. The van der Waals surface area contributed by atoms with Crippen LogP contribution in [0.1, 0.15) is 192 Å². The molecule has 0 aromatic heterocycles. The summed E-state index contributed by atoms with van der Waals surface area (Å²) in [4.78, 5) is 10.5. The van der Waals surface area contributed by atoms with Crippen LogP contribution in [0.25, 0.3) is 0 Å². The summed E-state index contributed by atoms with van der Waals surface area (Å²) in [7, 11) is -4.30. The molecule has 1 saturated carbocycles. The van der Waals surface area contributed by atoms with Gasteiger partial charge in [-0.2, -0.15) is 0 Å². The average Bonchev–Trinajstić information content (AvgIpc) is 3.26. The first kappa shape index (κ1) is 54.1. The maximum absolute atomic E-state index is 12.9. The summed E-state index contributed by atoms with van der Waals surface area (Å²) in [5.41, 5.74) is 4.63. The van der Waals surface area contributed by atoms with Crippen LogP contribution in [0.15, 0.2) is 0 Å². The number of rotatable bonds is 30. The normalized spacial score (nSPS) is 20.6. The Hall–Kier alpha value is -1.23. The first-order valence-corrected chi connectivity index (χ1v) is 26.2. The highest BCUT2D eigenvalue weighted by molar-refractivity contribution is 7.47. The molecule has 1 aromatic carbocycles. The van der Waals surface area contributed by atoms with Gasteiger partial charge in [-0.1, -0.05) is 124 Å². The van der Waals surface area contributed by atoms with Gasteiger partial charge in [-0.15, -0.1) is 0 Å². The molecule has 356 valence electrons. The van der Waals surface area contributed by atoms with Gasteiger partial charge in [0, 0.05) is 12.2 Å². The molecule has 0 bridgehead atoms. The zero-order valence-electron chi connectivity index (χ0n) is 40.2. The second-order valence-corrected chi connectivity index (χ2v) is 20.8. The molecule has 61 heavy (non-hydrogen) atoms. The summed E-state index contributed by atoms with van der Waals surface area (Å²) in [6.07, 6.45) is 23.5. The average molecular weight is 883 g/mol. The van der Waals surface area contributed by atoms with E-state index in [0.717, 1.165) is 92.6 Å². The third kappa shape index (κ3) is 22.0. The number of aliphatic hydroxyl groups excluding tert-OH is 1. The first-order valence-electron chi connectivity index (χ1n) is 24.7. The van der Waals surface area contributed by atoms with Crippen molar-refractivity contribution in [3.05, 3.63) is 22.3 Å². The van der Waals surface area contributed by atoms with E-state index in [1.807, 2.05) is 0 Å². The smallest absolute Gasteiger partial charge is 0.472 e. The summed E-state index contributed by atoms with van der Waals surface area (Å²) >= 11 is 0. The number of phosphoric ester groups is 1. The van der Waals surface area contributed by atoms with Crippen LogP contribution in [-0.2, 0) is 34.2 Å². The van der Waals surface area contributed by atoms with Gasteiger partial charge < -0.3 is 33.7 Å². The molecule has 10 nitrogen and oxygen atoms in total. The van der Waals surface area contributed by atoms with Crippen molar-refractivity contribution in [2.24, 2.45) is 17.8 Å². The van der Waals surface area contributed by atoms with Crippen LogP contribution >= 0.6 is 7.82 Å². The molecule has 1 aliphatic carbocycles. The fourth-order valence-corrected chi connectivity index (χ4v) is 10.3. The second-order valence-electron chi connectivity index (χ2n) is 19.4. The van der Waals surface area contributed by atoms with Gasteiger partial charge in [-0.25, -0.2) is 4.57 Å². The van der Waals surface area contributed by atoms with Crippen LogP contribution in [0.5, 0.6) is 11.5 Å². The van der Waals surface area contributed by atoms with Crippen molar-refractivity contribution < 1.29 is 47.3 Å². The van der Waals surface area contributed by atoms with E-state index in [9.17, 15) is 14.6 Å². The van der Waals surface area contributed by atoms with Crippen molar-refractivity contribution in [3.8, 4) is 11.5 Å². The van der Waals surface area contributed by atoms with Gasteiger partial charge in [0.15, 0.2) is 0 Å². The number of fused-ring (bicyclic) bond motifs is 1. The Labute approximate surface area is 372 Å². The zero-order valence-corrected chi connectivity index (χ0v) is 41.1. The van der Waals surface area contributed by atoms with Crippen molar-refractivity contribution in [1.82, 2.24) is 0 Å². The lowest BCUT2D eigenvalue weighted by molar-refractivity contribution is -0.0214. The van der Waals surface area contributed by atoms with Gasteiger partial charge >= 0.3 is 7.82 Å². The number of hydrogen-bond donors (Lipinski definition) is 2. The minimum absolute atomic E-state index is 0.0563. The van der Waals surface area contributed by atoms with Crippen molar-refractivity contribution in [1.29, 1.82) is 0 Å². The maximum atomic E-state index is 12.9. The lowest BCUT2D eigenvalue weighted by atomic mass is 9.83. The van der Waals surface area contributed by atoms with Crippen LogP contribution < -0.4 is 9.47 Å². The Morgan fingerprint density at radius 3 is 1.84 bits per heavy atom. The molecule has 2 aliphatic rings. The molecule has 2 N–H and O–H groups in total. The van der Waals surface area contributed by atoms with E-state index in [4.69, 9.17) is 32.7 Å². The molecule has 1 aromatic rings. The molecular weight excluding hydrogens is 792 g/mol. The monoisotopic (exact) mass is 883 g/mol. The van der Waals surface area contributed by atoms with Gasteiger partial charge in [-0.3, -0.25) is 9.05 Å². The molecule has 5 atom stereocenters. The number of phosphoric acid groups is 1. The minimum atomic E-state index is -4.30. The molecular formula is C50H91O10P. The third-order valence-electron chi connectivity index (χ3n) is 13.2. The molecule has 0 spiro atoms. The molecule has 1 heterocycles. The van der Waals surface area contributed by atoms with Crippen LogP contribution in [0.4, 0.5) is 0 Å². The van der Waals surface area contributed by atoms with Crippen molar-refractivity contribution in [2.45, 2.75) is 214 Å². The molecule has 11 heteroatoms. The SMILES string of the molecule is Cc1c(C)c2c(c(C)c1OCCOCCOCCOCC(CCO)OP(=O)(O)OC1CCCCCCCCCC1)CC[C@@](C)(CCC[C@H](C)CCC[C@H](C)CCCC(C)C)O2. The highest BCUT2D eigenvalue weighted by Gasteiger charge is 2.35. The molecule has 0 saturated heterocycles. The molecule has 0 radical (unpaired) electrons. The number of ether oxygens (including phenoxy) is 5. The standard InChI is InChI=1S/C50H91O10P/c1-39(2)20-17-21-40(3)22-18-23-41(4)24-19-29-50(8)30-27-47-44(7)48(42(5)43(6)49(47)58-50)57-37-36-55-33-32-54-34-35-56-38-46(28-31-51)60-61(52,53)59-45-25-15-13-11-9-10-12-14-16-26-45/h39-41,45-46,51H,9-38H2,1-8H3,(H,52,53)/t40-,41-,46?,50-/m1/s1. The van der Waals surface area contributed by atoms with Crippen LogP contribution in [0.2, 0.25) is 0 Å². The fourth-order valence-electron chi connectivity index (χ4n) is 9.10. The van der Waals surface area contributed by atoms with E-state index in [-0.39, 0.29) is 37.9 Å². The zero-order chi connectivity index (χ0) is 44.5. The predicted octanol–water partition coefficient (Wildman–Crippen LogP) is 12.7. The number of aliphatic hydroxyl groups is 1. The van der Waals surface area contributed by atoms with Gasteiger partial charge in [0.2, 0.25) is 0 Å². The van der Waals surface area contributed by atoms with E-state index >= 15 is 0 Å². The van der Waals surface area contributed by atoms with E-state index in [1.165, 1.54) is 93.7 Å². The largest absolute Gasteiger partial charge is 0.491 e. The van der Waals surface area contributed by atoms with Gasteiger partial charge in [-0.05, 0) is 107 Å². The fraction of sp³-hybridized carbons (Fsp3) is 0.880. The Morgan fingerprint density at radius 2 is 1.25 bits per heavy atom. The molecule has 3 rings (SSSR count). The lowest BCUT2D eigenvalue weighted by Gasteiger charge is -2.38. The highest BCUT2D eigenvalue weighted by Crippen LogP contribution is 2.48. The van der Waals surface area contributed by atoms with E-state index in [2.05, 4.69) is 55.4 Å². The quantitative estimate of drug-likeness (QED) is 0.0570. The van der Waals surface area contributed by atoms with E-state index in [1.54, 1.807) is 0 Å². The third-order valence-corrected chi connectivity index (χ3v) is 14.3. The highest BCUT2D eigenvalue weighted by atomic mass is 31.2. The topological polar surface area (TPSA) is 122 Å². The Balaban J connectivity index is 1.29. The number of benzene rings is 1. The maximum Gasteiger partial charge on any atom is 0.472 e. The molecule has 2 unspecified atom stereocenters. The van der Waals surface area contributed by atoms with Crippen molar-refractivity contribution >= 4 is 7.82 Å². The van der Waals surface area contributed by atoms with Gasteiger partial charge in [0.05, 0.1) is 51.8 Å². The Bertz CT molecular complexity index is 1360. The molecule has 1 fully saturated rings. The van der Waals surface area contributed by atoms with Crippen LogP contribution in [-0.4, -0.2) is 80.7 Å². The Morgan fingerprint density at radius 1 is 0.705 bits per heavy atom. The predicted molar refractivity (Wildman–Crippen MR) is 248 cm³/mol. The molecule has 1 aliphatic heterocycles. The summed E-state index contributed by atoms with van der Waals surface area (Å²) in [5, 5.41) is 9.52. The lowest BCUT2D eigenvalue weighted by Crippen LogP contribution is -2.37. The van der Waals surface area contributed by atoms with E-state index in [0.29, 0.717) is 33.0 Å². The summed E-state index contributed by atoms with van der Waals surface area (Å²) < 4.78 is 54.3. The first-order chi connectivity index (χ1) is 29.2. The van der Waals surface area contributed by atoms with Crippen molar-refractivity contribution in [3.63, 3.8) is 0 Å². The van der Waals surface area contributed by atoms with Gasteiger partial charge in [0.25, 0.3) is 0 Å². The summed E-state index contributed by atoms with van der Waals surface area (Å²) in [5.74, 6) is 4.45. The number of hydrogen-bond acceptors (Lipinski definition) is 9.